The molecule has 9 heteroatoms. The van der Waals surface area contributed by atoms with Gasteiger partial charge in [-0.2, -0.15) is 13.2 Å². The van der Waals surface area contributed by atoms with Crippen molar-refractivity contribution in [3.63, 3.8) is 0 Å². The molecule has 1 unspecified atom stereocenters. The van der Waals surface area contributed by atoms with E-state index in [1.807, 2.05) is 0 Å². The van der Waals surface area contributed by atoms with Crippen LogP contribution in [-0.2, 0) is 4.74 Å². The summed E-state index contributed by atoms with van der Waals surface area (Å²) in [5.41, 5.74) is 0.467. The number of carbonyl (C=O) groups is 1. The standard InChI is InChI=1S/C19H13BCl3F3O2/c1-2-28-18(27)12-5-3-10(7-14(12)20)4-6-13(19(24,25)26)11-8-15(21)17(23)16(22)9-11/h3-9,13H,2H2,1H3/b6-4+. The zero-order valence-corrected chi connectivity index (χ0v) is 16.8. The predicted octanol–water partition coefficient (Wildman–Crippen LogP) is 5.98. The number of allylic oxidation sites excluding steroid dienone is 1. The Morgan fingerprint density at radius 3 is 2.29 bits per heavy atom. The van der Waals surface area contributed by atoms with Gasteiger partial charge in [-0.3, -0.25) is 0 Å². The van der Waals surface area contributed by atoms with Gasteiger partial charge in [-0.15, -0.1) is 0 Å². The molecule has 1 atom stereocenters. The molecule has 2 radical (unpaired) electrons. The number of ether oxygens (including phenoxy) is 1. The third-order valence-electron chi connectivity index (χ3n) is 3.77. The van der Waals surface area contributed by atoms with Crippen LogP contribution in [0.5, 0.6) is 0 Å². The van der Waals surface area contributed by atoms with Crippen molar-refractivity contribution in [3.05, 3.63) is 68.2 Å². The molecule has 2 aromatic rings. The lowest BCUT2D eigenvalue weighted by molar-refractivity contribution is -0.139. The maximum absolute atomic E-state index is 13.6. The number of rotatable bonds is 5. The quantitative estimate of drug-likeness (QED) is 0.320. The molecule has 146 valence electrons. The Labute approximate surface area is 176 Å². The Hall–Kier alpha value is -1.63. The van der Waals surface area contributed by atoms with Crippen molar-refractivity contribution >= 4 is 60.2 Å². The molecule has 0 aliphatic heterocycles. The number of benzene rings is 2. The fourth-order valence-corrected chi connectivity index (χ4v) is 3.06. The molecule has 2 rings (SSSR count). The first-order valence-electron chi connectivity index (χ1n) is 8.00. The van der Waals surface area contributed by atoms with Gasteiger partial charge in [0, 0.05) is 0 Å². The molecule has 2 nitrogen and oxygen atoms in total. The largest absolute Gasteiger partial charge is 0.462 e. The number of halogens is 6. The van der Waals surface area contributed by atoms with Gasteiger partial charge in [0.15, 0.2) is 0 Å². The average Bonchev–Trinajstić information content (AvgIpc) is 2.58. The molecule has 0 bridgehead atoms. The van der Waals surface area contributed by atoms with Crippen LogP contribution in [0.25, 0.3) is 6.08 Å². The summed E-state index contributed by atoms with van der Waals surface area (Å²) in [6.07, 6.45) is -2.39. The van der Waals surface area contributed by atoms with E-state index in [0.717, 1.165) is 18.2 Å². The maximum atomic E-state index is 13.6. The lowest BCUT2D eigenvalue weighted by Gasteiger charge is -2.18. The lowest BCUT2D eigenvalue weighted by Crippen LogP contribution is -2.19. The van der Waals surface area contributed by atoms with Crippen LogP contribution in [0.3, 0.4) is 0 Å². The van der Waals surface area contributed by atoms with Gasteiger partial charge in [0.25, 0.3) is 0 Å². The molecule has 0 saturated carbocycles. The first kappa shape index (κ1) is 22.7. The van der Waals surface area contributed by atoms with E-state index in [0.29, 0.717) is 5.56 Å². The van der Waals surface area contributed by atoms with Crippen LogP contribution in [0.15, 0.2) is 36.4 Å². The van der Waals surface area contributed by atoms with E-state index in [-0.39, 0.29) is 38.3 Å². The fourth-order valence-electron chi connectivity index (χ4n) is 2.45. The van der Waals surface area contributed by atoms with Crippen molar-refractivity contribution in [3.8, 4) is 0 Å². The SMILES string of the molecule is [B]c1cc(/C=C/C(c2cc(Cl)c(Cl)c(Cl)c2)C(F)(F)F)ccc1C(=O)OCC. The van der Waals surface area contributed by atoms with E-state index in [9.17, 15) is 18.0 Å². The highest BCUT2D eigenvalue weighted by Gasteiger charge is 2.39. The van der Waals surface area contributed by atoms with Gasteiger partial charge in [-0.25, -0.2) is 4.79 Å². The van der Waals surface area contributed by atoms with E-state index in [1.54, 1.807) is 6.92 Å². The molecule has 0 saturated heterocycles. The predicted molar refractivity (Wildman–Crippen MR) is 107 cm³/mol. The Bertz CT molecular complexity index is 891. The van der Waals surface area contributed by atoms with Crippen LogP contribution in [0.4, 0.5) is 13.2 Å². The van der Waals surface area contributed by atoms with Gasteiger partial charge in [0.05, 0.1) is 33.2 Å². The number of hydrogen-bond donors (Lipinski definition) is 0. The molecule has 28 heavy (non-hydrogen) atoms. The third kappa shape index (κ3) is 5.46. The first-order valence-corrected chi connectivity index (χ1v) is 9.14. The second-order valence-electron chi connectivity index (χ2n) is 5.74. The molecule has 0 aliphatic rings. The van der Waals surface area contributed by atoms with Crippen LogP contribution in [0.1, 0.15) is 34.3 Å². The van der Waals surface area contributed by atoms with Crippen molar-refractivity contribution in [1.82, 2.24) is 0 Å². The number of esters is 1. The summed E-state index contributed by atoms with van der Waals surface area (Å²) < 4.78 is 45.5. The summed E-state index contributed by atoms with van der Waals surface area (Å²) in [5, 5.41) is -0.163. The maximum Gasteiger partial charge on any atom is 0.399 e. The molecule has 0 fully saturated rings. The van der Waals surface area contributed by atoms with Crippen molar-refractivity contribution < 1.29 is 22.7 Å². The van der Waals surface area contributed by atoms with Crippen LogP contribution in [0.2, 0.25) is 15.1 Å². The van der Waals surface area contributed by atoms with Gasteiger partial charge < -0.3 is 4.74 Å². The molecule has 0 spiro atoms. The normalized spacial score (nSPS) is 13.0. The van der Waals surface area contributed by atoms with Crippen LogP contribution in [-0.4, -0.2) is 26.6 Å². The van der Waals surface area contributed by atoms with Crippen molar-refractivity contribution in [2.24, 2.45) is 0 Å². The first-order chi connectivity index (χ1) is 13.0. The van der Waals surface area contributed by atoms with Gasteiger partial charge in [0.2, 0.25) is 0 Å². The topological polar surface area (TPSA) is 26.3 Å². The van der Waals surface area contributed by atoms with Crippen LogP contribution >= 0.6 is 34.8 Å². The minimum Gasteiger partial charge on any atom is -0.462 e. The summed E-state index contributed by atoms with van der Waals surface area (Å²) >= 11 is 17.5. The van der Waals surface area contributed by atoms with Gasteiger partial charge in [-0.05, 0) is 36.2 Å². The molecule has 0 N–H and O–H groups in total. The van der Waals surface area contributed by atoms with E-state index in [4.69, 9.17) is 47.4 Å². The molecule has 0 heterocycles. The summed E-state index contributed by atoms with van der Waals surface area (Å²) in [7, 11) is 5.81. The zero-order chi connectivity index (χ0) is 21.1. The molecule has 0 aromatic heterocycles. The van der Waals surface area contributed by atoms with Gasteiger partial charge >= 0.3 is 12.1 Å². The van der Waals surface area contributed by atoms with E-state index in [1.165, 1.54) is 24.3 Å². The van der Waals surface area contributed by atoms with Gasteiger partial charge in [-0.1, -0.05) is 64.6 Å². The van der Waals surface area contributed by atoms with Crippen molar-refractivity contribution in [1.29, 1.82) is 0 Å². The Morgan fingerprint density at radius 1 is 1.18 bits per heavy atom. The van der Waals surface area contributed by atoms with Crippen LogP contribution in [0, 0.1) is 0 Å². The van der Waals surface area contributed by atoms with E-state index in [2.05, 4.69) is 0 Å². The number of alkyl halides is 3. The fraction of sp³-hybridized carbons (Fsp3) is 0.211. The molecule has 0 amide bonds. The molecule has 0 aliphatic carbocycles. The zero-order valence-electron chi connectivity index (χ0n) is 14.5. The molecule has 2 aromatic carbocycles. The average molecular weight is 447 g/mol. The Morgan fingerprint density at radius 2 is 1.79 bits per heavy atom. The van der Waals surface area contributed by atoms with E-state index < -0.39 is 18.1 Å². The lowest BCUT2D eigenvalue weighted by atomic mass is 9.88. The third-order valence-corrected chi connectivity index (χ3v) is 4.97. The Balaban J connectivity index is 2.37. The number of carbonyl (C=O) groups excluding carboxylic acids is 1. The molecular weight excluding hydrogens is 434 g/mol. The highest BCUT2D eigenvalue weighted by Crippen LogP contribution is 2.41. The summed E-state index contributed by atoms with van der Waals surface area (Å²) in [6.45, 7) is 1.83. The minimum absolute atomic E-state index is 0.0145. The number of hydrogen-bond acceptors (Lipinski definition) is 2. The summed E-state index contributed by atoms with van der Waals surface area (Å²) in [6, 6.07) is 6.49. The van der Waals surface area contributed by atoms with Crippen molar-refractivity contribution in [2.75, 3.05) is 6.61 Å². The van der Waals surface area contributed by atoms with Crippen molar-refractivity contribution in [2.45, 2.75) is 19.0 Å². The smallest absolute Gasteiger partial charge is 0.399 e. The molecular formula is C19H13BCl3F3O2. The summed E-state index contributed by atoms with van der Waals surface area (Å²) in [4.78, 5) is 11.7. The van der Waals surface area contributed by atoms with Crippen LogP contribution < -0.4 is 5.46 Å². The minimum atomic E-state index is -4.59. The summed E-state index contributed by atoms with van der Waals surface area (Å²) in [5.74, 6) is -2.57. The highest BCUT2D eigenvalue weighted by atomic mass is 35.5. The highest BCUT2D eigenvalue weighted by molar-refractivity contribution is 6.48. The van der Waals surface area contributed by atoms with E-state index >= 15 is 0 Å². The second-order valence-corrected chi connectivity index (χ2v) is 6.94. The monoisotopic (exact) mass is 446 g/mol. The van der Waals surface area contributed by atoms with Gasteiger partial charge in [0.1, 0.15) is 7.85 Å². The second kappa shape index (κ2) is 9.25. The Kier molecular flexibility index (Phi) is 7.49.